The lowest BCUT2D eigenvalue weighted by molar-refractivity contribution is 0.476. The third-order valence-electron chi connectivity index (χ3n) is 13.7. The minimum atomic E-state index is 0.499. The molecule has 4 aliphatic rings. The molecule has 3 aliphatic carbocycles. The fraction of sp³-hybridized carbons (Fsp3) is 0.125. The molecule has 0 amide bonds. The van der Waals surface area contributed by atoms with Crippen molar-refractivity contribution in [3.8, 4) is 28.3 Å². The first-order chi connectivity index (χ1) is 32.7. The Morgan fingerprint density at radius 3 is 1.84 bits per heavy atom. The molecule has 1 aliphatic heterocycles. The molecule has 0 saturated carbocycles. The Hall–Kier alpha value is -7.88. The molecular formula is C64H54N2O. The molecule has 67 heavy (non-hydrogen) atoms. The van der Waals surface area contributed by atoms with Crippen molar-refractivity contribution in [1.82, 2.24) is 4.57 Å². The minimum Gasteiger partial charge on any atom is -0.453 e. The van der Waals surface area contributed by atoms with Gasteiger partial charge in [0.25, 0.3) is 0 Å². The van der Waals surface area contributed by atoms with Gasteiger partial charge in [-0.1, -0.05) is 145 Å². The summed E-state index contributed by atoms with van der Waals surface area (Å²) in [5.41, 5.74) is 24.9. The van der Waals surface area contributed by atoms with E-state index >= 15 is 0 Å². The molecule has 0 saturated heterocycles. The summed E-state index contributed by atoms with van der Waals surface area (Å²) in [5, 5.41) is 2.59. The highest BCUT2D eigenvalue weighted by molar-refractivity contribution is 6.10. The summed E-state index contributed by atoms with van der Waals surface area (Å²) in [6.45, 7) is 13.0. The summed E-state index contributed by atoms with van der Waals surface area (Å²) in [7, 11) is 0. The fourth-order valence-corrected chi connectivity index (χ4v) is 10.5. The van der Waals surface area contributed by atoms with Crippen LogP contribution in [0.4, 0.5) is 17.1 Å². The molecule has 0 N–H and O–H groups in total. The van der Waals surface area contributed by atoms with E-state index in [1.807, 2.05) is 6.07 Å². The number of anilines is 3. The van der Waals surface area contributed by atoms with Crippen molar-refractivity contribution >= 4 is 44.9 Å². The number of allylic oxidation sites excluding steroid dienone is 7. The van der Waals surface area contributed by atoms with E-state index in [2.05, 4.69) is 245 Å². The van der Waals surface area contributed by atoms with Crippen molar-refractivity contribution in [1.29, 1.82) is 0 Å². The Morgan fingerprint density at radius 2 is 1.13 bits per heavy atom. The lowest BCUT2D eigenvalue weighted by atomic mass is 9.68. The van der Waals surface area contributed by atoms with Crippen LogP contribution in [0.1, 0.15) is 57.3 Å². The van der Waals surface area contributed by atoms with Crippen LogP contribution in [0.25, 0.3) is 44.7 Å². The molecule has 0 fully saturated rings. The molecule has 326 valence electrons. The minimum absolute atomic E-state index is 0.499. The van der Waals surface area contributed by atoms with Gasteiger partial charge in [-0.25, -0.2) is 0 Å². The van der Waals surface area contributed by atoms with Gasteiger partial charge in [0, 0.05) is 28.1 Å². The zero-order chi connectivity index (χ0) is 45.8. The largest absolute Gasteiger partial charge is 0.453 e. The van der Waals surface area contributed by atoms with Gasteiger partial charge < -0.3 is 14.2 Å². The number of hydrogen-bond acceptors (Lipinski definition) is 2. The number of fused-ring (bicyclic) bond motifs is 5. The van der Waals surface area contributed by atoms with Crippen LogP contribution in [-0.2, 0) is 6.42 Å². The monoisotopic (exact) mass is 866 g/mol. The molecule has 0 spiro atoms. The summed E-state index contributed by atoms with van der Waals surface area (Å²) in [6.07, 6.45) is 12.6. The third-order valence-corrected chi connectivity index (χ3v) is 13.7. The maximum atomic E-state index is 6.15. The Kier molecular flexibility index (Phi) is 10.7. The van der Waals surface area contributed by atoms with Crippen molar-refractivity contribution in [3.63, 3.8) is 0 Å². The van der Waals surface area contributed by atoms with E-state index < -0.39 is 0 Å². The van der Waals surface area contributed by atoms with Crippen LogP contribution in [0.2, 0.25) is 0 Å². The SMILES string of the molecule is CC1=CC=C2C=Cc3c(C)ccc4c3C2C1=CC4.Cc1cc(C)cc(-c2ccc3c(c2)c2ccccc2n3-c2ccccc2)c1.Cc1ccc2c(c1)Oc1cc(C)ccc1N2c1ccccc1. The standard InChI is InChI=1S/C26H21N.C20H17NO.C18H16/c1-18-14-19(2)16-21(15-18)20-12-13-26-24(17-20)23-10-6-7-11-25(23)27(26)22-8-4-3-5-9-22;1-14-8-10-17-19(12-14)22-20-13-15(2)9-11-18(20)21(17)16-6-4-3-5-7-16;1-11-3-5-13-8-10-16-12(2)4-6-14-7-9-15(11)17(13)18(14)16/h3-17H,1-2H3;3-13H,1-2H3;3-7,9-10,18H,8H2,1-2H3. The summed E-state index contributed by atoms with van der Waals surface area (Å²) >= 11 is 0. The van der Waals surface area contributed by atoms with Crippen LogP contribution in [-0.4, -0.2) is 4.57 Å². The van der Waals surface area contributed by atoms with E-state index in [1.165, 1.54) is 94.3 Å². The molecule has 8 aromatic carbocycles. The smallest absolute Gasteiger partial charge is 0.151 e. The van der Waals surface area contributed by atoms with Crippen LogP contribution in [0, 0.1) is 34.6 Å². The number of rotatable bonds is 3. The van der Waals surface area contributed by atoms with Crippen LogP contribution in [0.15, 0.2) is 211 Å². The predicted octanol–water partition coefficient (Wildman–Crippen LogP) is 17.4. The number of ether oxygens (including phenoxy) is 1. The lowest BCUT2D eigenvalue weighted by Gasteiger charge is -2.35. The molecule has 3 nitrogen and oxygen atoms in total. The highest BCUT2D eigenvalue weighted by atomic mass is 16.5. The van der Waals surface area contributed by atoms with Gasteiger partial charge in [-0.05, 0) is 176 Å². The first-order valence-corrected chi connectivity index (χ1v) is 23.5. The van der Waals surface area contributed by atoms with Gasteiger partial charge in [-0.15, -0.1) is 0 Å². The van der Waals surface area contributed by atoms with E-state index in [1.54, 1.807) is 5.56 Å². The van der Waals surface area contributed by atoms with Gasteiger partial charge in [0.1, 0.15) is 0 Å². The Balaban J connectivity index is 0.000000113. The van der Waals surface area contributed by atoms with Crippen molar-refractivity contribution in [2.75, 3.05) is 4.90 Å². The first-order valence-electron chi connectivity index (χ1n) is 23.5. The van der Waals surface area contributed by atoms with Gasteiger partial charge in [0.2, 0.25) is 0 Å². The summed E-state index contributed by atoms with van der Waals surface area (Å²) < 4.78 is 8.51. The molecule has 1 atom stereocenters. The quantitative estimate of drug-likeness (QED) is 0.176. The van der Waals surface area contributed by atoms with E-state index in [0.29, 0.717) is 5.92 Å². The average Bonchev–Trinajstić information content (AvgIpc) is 3.68. The topological polar surface area (TPSA) is 17.4 Å². The van der Waals surface area contributed by atoms with E-state index in [9.17, 15) is 0 Å². The van der Waals surface area contributed by atoms with Crippen molar-refractivity contribution in [2.45, 2.75) is 53.9 Å². The van der Waals surface area contributed by atoms with Gasteiger partial charge in [0.15, 0.2) is 11.5 Å². The summed E-state index contributed by atoms with van der Waals surface area (Å²) in [5.74, 6) is 2.31. The van der Waals surface area contributed by atoms with E-state index in [-0.39, 0.29) is 0 Å². The Labute approximate surface area is 394 Å². The van der Waals surface area contributed by atoms with Crippen molar-refractivity contribution in [2.24, 2.45) is 0 Å². The molecule has 1 aromatic heterocycles. The molecular weight excluding hydrogens is 813 g/mol. The molecule has 13 rings (SSSR count). The number of benzene rings is 8. The average molecular weight is 867 g/mol. The fourth-order valence-electron chi connectivity index (χ4n) is 10.5. The van der Waals surface area contributed by atoms with Crippen molar-refractivity contribution < 1.29 is 4.74 Å². The molecule has 1 unspecified atom stereocenters. The van der Waals surface area contributed by atoms with Gasteiger partial charge in [-0.2, -0.15) is 0 Å². The van der Waals surface area contributed by atoms with Gasteiger partial charge in [-0.3, -0.25) is 0 Å². The molecule has 9 aromatic rings. The van der Waals surface area contributed by atoms with Crippen LogP contribution in [0.5, 0.6) is 11.5 Å². The number of para-hydroxylation sites is 3. The highest BCUT2D eigenvalue weighted by Gasteiger charge is 2.32. The Bertz CT molecular complexity index is 3450. The number of aromatic nitrogens is 1. The highest BCUT2D eigenvalue weighted by Crippen LogP contribution is 2.51. The second kappa shape index (κ2) is 17.2. The van der Waals surface area contributed by atoms with Gasteiger partial charge >= 0.3 is 0 Å². The zero-order valence-electron chi connectivity index (χ0n) is 39.1. The second-order valence-electron chi connectivity index (χ2n) is 18.5. The number of aryl methyl sites for hydroxylation is 5. The maximum Gasteiger partial charge on any atom is 0.151 e. The second-order valence-corrected chi connectivity index (χ2v) is 18.5. The van der Waals surface area contributed by atoms with Crippen LogP contribution >= 0.6 is 0 Å². The van der Waals surface area contributed by atoms with Crippen molar-refractivity contribution in [3.05, 3.63) is 255 Å². The van der Waals surface area contributed by atoms with Crippen LogP contribution < -0.4 is 9.64 Å². The first kappa shape index (κ1) is 41.8. The normalized spacial score (nSPS) is 14.8. The van der Waals surface area contributed by atoms with Gasteiger partial charge in [0.05, 0.1) is 22.4 Å². The summed E-state index contributed by atoms with van der Waals surface area (Å²) in [6, 6.07) is 60.5. The molecule has 0 radical (unpaired) electrons. The summed E-state index contributed by atoms with van der Waals surface area (Å²) in [4.78, 5) is 2.26. The number of nitrogens with zero attached hydrogens (tertiary/aromatic N) is 2. The Morgan fingerprint density at radius 1 is 0.493 bits per heavy atom. The number of hydrogen-bond donors (Lipinski definition) is 0. The zero-order valence-corrected chi connectivity index (χ0v) is 39.1. The molecule has 0 bridgehead atoms. The molecule has 3 heteroatoms. The van der Waals surface area contributed by atoms with E-state index in [0.717, 1.165) is 35.0 Å². The van der Waals surface area contributed by atoms with Crippen LogP contribution in [0.3, 0.4) is 0 Å². The van der Waals surface area contributed by atoms with E-state index in [4.69, 9.17) is 4.74 Å². The lowest BCUT2D eigenvalue weighted by Crippen LogP contribution is -2.19. The molecule has 2 heterocycles. The predicted molar refractivity (Wildman–Crippen MR) is 283 cm³/mol. The third kappa shape index (κ3) is 7.71. The maximum absolute atomic E-state index is 6.15.